The lowest BCUT2D eigenvalue weighted by molar-refractivity contribution is -0.153. The van der Waals surface area contributed by atoms with E-state index in [1.54, 1.807) is 19.1 Å². The van der Waals surface area contributed by atoms with E-state index in [0.29, 0.717) is 16.5 Å². The number of halogens is 2. The van der Waals surface area contributed by atoms with Crippen LogP contribution in [0.3, 0.4) is 0 Å². The van der Waals surface area contributed by atoms with Crippen LogP contribution < -0.4 is 5.32 Å². The summed E-state index contributed by atoms with van der Waals surface area (Å²) in [4.78, 5) is 25.6. The number of benzene rings is 1. The van der Waals surface area contributed by atoms with Gasteiger partial charge in [-0.3, -0.25) is 9.59 Å². The van der Waals surface area contributed by atoms with Gasteiger partial charge in [0.1, 0.15) is 11.4 Å². The molecule has 0 bridgehead atoms. The number of nitrogens with zero attached hydrogens (tertiary/aromatic N) is 1. The molecule has 6 heteroatoms. The molecule has 0 radical (unpaired) electrons. The standard InChI is InChI=1S/C14H16BrFN2O2/c1-3-14(2)13(20)17-7-12(19)18(14)8-9-4-5-10(15)6-11(9)16/h4-6H,3,7-8H2,1-2H3,(H,17,20). The maximum Gasteiger partial charge on any atom is 0.246 e. The van der Waals surface area contributed by atoms with Crippen molar-refractivity contribution in [2.75, 3.05) is 6.54 Å². The molecule has 1 N–H and O–H groups in total. The Morgan fingerprint density at radius 2 is 2.15 bits per heavy atom. The summed E-state index contributed by atoms with van der Waals surface area (Å²) in [5.74, 6) is -0.787. The van der Waals surface area contributed by atoms with Crippen LogP contribution in [0.1, 0.15) is 25.8 Å². The van der Waals surface area contributed by atoms with E-state index in [9.17, 15) is 14.0 Å². The van der Waals surface area contributed by atoms with E-state index in [-0.39, 0.29) is 24.9 Å². The summed E-state index contributed by atoms with van der Waals surface area (Å²) in [6.07, 6.45) is 0.475. The molecule has 0 aliphatic carbocycles. The molecule has 2 amide bonds. The summed E-state index contributed by atoms with van der Waals surface area (Å²) < 4.78 is 14.6. The molecular formula is C14H16BrFN2O2. The van der Waals surface area contributed by atoms with Crippen molar-refractivity contribution in [1.29, 1.82) is 0 Å². The zero-order valence-corrected chi connectivity index (χ0v) is 13.0. The van der Waals surface area contributed by atoms with Crippen LogP contribution in [0, 0.1) is 5.82 Å². The van der Waals surface area contributed by atoms with Gasteiger partial charge < -0.3 is 10.2 Å². The second kappa shape index (κ2) is 5.52. The number of rotatable bonds is 3. The number of hydrogen-bond donors (Lipinski definition) is 1. The van der Waals surface area contributed by atoms with E-state index in [1.807, 2.05) is 6.92 Å². The summed E-state index contributed by atoms with van der Waals surface area (Å²) in [5, 5.41) is 2.58. The van der Waals surface area contributed by atoms with Gasteiger partial charge in [0, 0.05) is 16.6 Å². The Morgan fingerprint density at radius 3 is 2.75 bits per heavy atom. The molecule has 2 rings (SSSR count). The predicted octanol–water partition coefficient (Wildman–Crippen LogP) is 2.22. The second-order valence-electron chi connectivity index (χ2n) is 5.03. The first-order valence-corrected chi connectivity index (χ1v) is 7.20. The van der Waals surface area contributed by atoms with Gasteiger partial charge in [-0.1, -0.05) is 28.9 Å². The largest absolute Gasteiger partial charge is 0.345 e. The normalized spacial score (nSPS) is 22.9. The molecule has 1 aliphatic rings. The molecule has 1 aromatic rings. The highest BCUT2D eigenvalue weighted by molar-refractivity contribution is 9.10. The molecule has 108 valence electrons. The molecule has 0 saturated carbocycles. The van der Waals surface area contributed by atoms with Gasteiger partial charge in [-0.25, -0.2) is 4.39 Å². The van der Waals surface area contributed by atoms with Crippen molar-refractivity contribution in [2.24, 2.45) is 0 Å². The SMILES string of the molecule is CCC1(C)C(=O)NCC(=O)N1Cc1ccc(Br)cc1F. The Labute approximate surface area is 125 Å². The van der Waals surface area contributed by atoms with Crippen molar-refractivity contribution in [2.45, 2.75) is 32.4 Å². The summed E-state index contributed by atoms with van der Waals surface area (Å²) in [7, 11) is 0. The molecule has 1 fully saturated rings. The molecule has 1 aromatic carbocycles. The van der Waals surface area contributed by atoms with Gasteiger partial charge in [0.15, 0.2) is 0 Å². The van der Waals surface area contributed by atoms with Crippen molar-refractivity contribution < 1.29 is 14.0 Å². The van der Waals surface area contributed by atoms with Crippen LogP contribution in [0.5, 0.6) is 0 Å². The van der Waals surface area contributed by atoms with Crippen molar-refractivity contribution >= 4 is 27.7 Å². The summed E-state index contributed by atoms with van der Waals surface area (Å²) in [6.45, 7) is 3.60. The molecule has 1 aliphatic heterocycles. The van der Waals surface area contributed by atoms with Crippen molar-refractivity contribution in [3.63, 3.8) is 0 Å². The molecule has 1 saturated heterocycles. The summed E-state index contributed by atoms with van der Waals surface area (Å²) >= 11 is 3.19. The third-order valence-electron chi connectivity index (χ3n) is 3.82. The van der Waals surface area contributed by atoms with E-state index in [0.717, 1.165) is 0 Å². The minimum Gasteiger partial charge on any atom is -0.345 e. The average molecular weight is 343 g/mol. The van der Waals surface area contributed by atoms with Crippen LogP contribution in [0.25, 0.3) is 0 Å². The Kier molecular flexibility index (Phi) is 4.13. The van der Waals surface area contributed by atoms with E-state index < -0.39 is 11.4 Å². The highest BCUT2D eigenvalue weighted by Crippen LogP contribution is 2.26. The van der Waals surface area contributed by atoms with Gasteiger partial charge in [-0.2, -0.15) is 0 Å². The van der Waals surface area contributed by atoms with Crippen LogP contribution in [0.4, 0.5) is 4.39 Å². The first-order chi connectivity index (χ1) is 9.38. The topological polar surface area (TPSA) is 49.4 Å². The van der Waals surface area contributed by atoms with E-state index in [4.69, 9.17) is 0 Å². The van der Waals surface area contributed by atoms with Gasteiger partial charge in [0.2, 0.25) is 11.8 Å². The smallest absolute Gasteiger partial charge is 0.246 e. The lowest BCUT2D eigenvalue weighted by atomic mass is 9.92. The number of hydrogen-bond acceptors (Lipinski definition) is 2. The fourth-order valence-corrected chi connectivity index (χ4v) is 2.61. The number of nitrogens with one attached hydrogen (secondary N) is 1. The summed E-state index contributed by atoms with van der Waals surface area (Å²) in [5.41, 5.74) is -0.537. The first-order valence-electron chi connectivity index (χ1n) is 6.41. The van der Waals surface area contributed by atoms with Crippen LogP contribution in [-0.4, -0.2) is 28.8 Å². The highest BCUT2D eigenvalue weighted by Gasteiger charge is 2.44. The molecule has 0 spiro atoms. The maximum absolute atomic E-state index is 13.9. The zero-order valence-electron chi connectivity index (χ0n) is 11.4. The zero-order chi connectivity index (χ0) is 14.9. The fourth-order valence-electron chi connectivity index (χ4n) is 2.27. The van der Waals surface area contributed by atoms with Gasteiger partial charge >= 0.3 is 0 Å². The highest BCUT2D eigenvalue weighted by atomic mass is 79.9. The molecule has 20 heavy (non-hydrogen) atoms. The Morgan fingerprint density at radius 1 is 1.45 bits per heavy atom. The molecule has 1 unspecified atom stereocenters. The van der Waals surface area contributed by atoms with Crippen LogP contribution in [0.15, 0.2) is 22.7 Å². The molecular weight excluding hydrogens is 327 g/mol. The van der Waals surface area contributed by atoms with E-state index >= 15 is 0 Å². The minimum absolute atomic E-state index is 0.0351. The number of amides is 2. The number of piperazine rings is 1. The Hall–Kier alpha value is -1.43. The van der Waals surface area contributed by atoms with Gasteiger partial charge in [-0.15, -0.1) is 0 Å². The lowest BCUT2D eigenvalue weighted by Crippen LogP contribution is -2.65. The quantitative estimate of drug-likeness (QED) is 0.915. The van der Waals surface area contributed by atoms with Crippen LogP contribution in [0.2, 0.25) is 0 Å². The monoisotopic (exact) mass is 342 g/mol. The van der Waals surface area contributed by atoms with Gasteiger partial charge in [0.25, 0.3) is 0 Å². The van der Waals surface area contributed by atoms with Crippen molar-refractivity contribution in [1.82, 2.24) is 10.2 Å². The number of carbonyl (C=O) groups excluding carboxylic acids is 2. The first kappa shape index (κ1) is 15.0. The average Bonchev–Trinajstić information content (AvgIpc) is 2.41. The minimum atomic E-state index is -0.936. The third-order valence-corrected chi connectivity index (χ3v) is 4.31. The number of carbonyl (C=O) groups is 2. The van der Waals surface area contributed by atoms with E-state index in [2.05, 4.69) is 21.2 Å². The van der Waals surface area contributed by atoms with Crippen molar-refractivity contribution in [3.05, 3.63) is 34.1 Å². The Bertz CT molecular complexity index is 564. The fraction of sp³-hybridized carbons (Fsp3) is 0.429. The summed E-state index contributed by atoms with van der Waals surface area (Å²) in [6, 6.07) is 4.69. The van der Waals surface area contributed by atoms with Crippen molar-refractivity contribution in [3.8, 4) is 0 Å². The molecule has 4 nitrogen and oxygen atoms in total. The predicted molar refractivity (Wildman–Crippen MR) is 76.4 cm³/mol. The molecule has 1 heterocycles. The molecule has 0 aromatic heterocycles. The van der Waals surface area contributed by atoms with Gasteiger partial charge in [0.05, 0.1) is 6.54 Å². The third kappa shape index (κ3) is 2.57. The van der Waals surface area contributed by atoms with Gasteiger partial charge in [-0.05, 0) is 25.5 Å². The van der Waals surface area contributed by atoms with Crippen LogP contribution >= 0.6 is 15.9 Å². The second-order valence-corrected chi connectivity index (χ2v) is 5.94. The van der Waals surface area contributed by atoms with Crippen LogP contribution in [-0.2, 0) is 16.1 Å². The lowest BCUT2D eigenvalue weighted by Gasteiger charge is -2.43. The Balaban J connectivity index is 2.33. The molecule has 1 atom stereocenters. The van der Waals surface area contributed by atoms with E-state index in [1.165, 1.54) is 11.0 Å². The maximum atomic E-state index is 13.9.